The van der Waals surface area contributed by atoms with E-state index in [-0.39, 0.29) is 0 Å². The van der Waals surface area contributed by atoms with Gasteiger partial charge in [-0.2, -0.15) is 0 Å². The molecule has 126 valence electrons. The number of aliphatic hydroxyl groups excluding tert-OH is 1. The summed E-state index contributed by atoms with van der Waals surface area (Å²) in [6, 6.07) is 19.3. The lowest BCUT2D eigenvalue weighted by molar-refractivity contribution is -0.0485. The molecule has 4 N–H and O–H groups in total. The van der Waals surface area contributed by atoms with E-state index in [9.17, 15) is 10.2 Å². The van der Waals surface area contributed by atoms with Crippen molar-refractivity contribution >= 4 is 0 Å². The summed E-state index contributed by atoms with van der Waals surface area (Å²) >= 11 is 0. The molecule has 0 bridgehead atoms. The molecule has 3 atom stereocenters. The first-order chi connectivity index (χ1) is 11.7. The quantitative estimate of drug-likeness (QED) is 0.642. The van der Waals surface area contributed by atoms with E-state index >= 15 is 0 Å². The highest BCUT2D eigenvalue weighted by Gasteiger charge is 2.53. The van der Waals surface area contributed by atoms with E-state index in [1.807, 2.05) is 60.7 Å². The normalized spacial score (nSPS) is 26.8. The van der Waals surface area contributed by atoms with E-state index in [4.69, 9.17) is 0 Å². The zero-order valence-corrected chi connectivity index (χ0v) is 13.6. The Hall–Kier alpha value is -1.72. The van der Waals surface area contributed by atoms with E-state index in [1.165, 1.54) is 0 Å². The first kappa shape index (κ1) is 15.8. The fourth-order valence-electron chi connectivity index (χ4n) is 4.05. The largest absolute Gasteiger partial charge is 0.388 e. The fraction of sp³-hybridized carbons (Fsp3) is 0.400. The van der Waals surface area contributed by atoms with E-state index < -0.39 is 11.7 Å². The number of hydrogen-bond acceptors (Lipinski definition) is 4. The first-order valence-electron chi connectivity index (χ1n) is 8.67. The van der Waals surface area contributed by atoms with Gasteiger partial charge >= 0.3 is 0 Å². The van der Waals surface area contributed by atoms with Crippen molar-refractivity contribution in [1.82, 2.24) is 10.6 Å². The van der Waals surface area contributed by atoms with Gasteiger partial charge in [-0.25, -0.2) is 0 Å². The second-order valence-electron chi connectivity index (χ2n) is 6.93. The van der Waals surface area contributed by atoms with Gasteiger partial charge in [0, 0.05) is 12.6 Å². The Labute approximate surface area is 142 Å². The maximum Gasteiger partial charge on any atom is 0.142 e. The molecule has 2 aliphatic rings. The van der Waals surface area contributed by atoms with Crippen molar-refractivity contribution in [2.24, 2.45) is 11.8 Å². The third-order valence-electron chi connectivity index (χ3n) is 5.55. The number of rotatable bonds is 6. The standard InChI is InChI=1S/C20H24N2O2/c23-18(13-22-19-16-11-21-12-17(16)19)20(24,14-7-3-1-4-8-14)15-9-5-2-6-10-15/h1-10,16-19,21-24H,11-13H2. The summed E-state index contributed by atoms with van der Waals surface area (Å²) in [5.74, 6) is 1.36. The van der Waals surface area contributed by atoms with Gasteiger partial charge in [0.2, 0.25) is 0 Å². The monoisotopic (exact) mass is 324 g/mol. The molecule has 1 heterocycles. The Morgan fingerprint density at radius 2 is 1.46 bits per heavy atom. The Balaban J connectivity index is 1.56. The molecule has 4 rings (SSSR count). The maximum atomic E-state index is 11.5. The highest BCUT2D eigenvalue weighted by atomic mass is 16.3. The van der Waals surface area contributed by atoms with Gasteiger partial charge in [-0.05, 0) is 36.1 Å². The van der Waals surface area contributed by atoms with Gasteiger partial charge in [0.1, 0.15) is 11.7 Å². The predicted molar refractivity (Wildman–Crippen MR) is 93.5 cm³/mol. The minimum absolute atomic E-state index is 0.373. The molecule has 1 aliphatic carbocycles. The van der Waals surface area contributed by atoms with Crippen LogP contribution >= 0.6 is 0 Å². The predicted octanol–water partition coefficient (Wildman–Crippen LogP) is 1.09. The lowest BCUT2D eigenvalue weighted by atomic mass is 9.81. The summed E-state index contributed by atoms with van der Waals surface area (Å²) in [6.07, 6.45) is -0.920. The van der Waals surface area contributed by atoms with Crippen LogP contribution in [-0.4, -0.2) is 42.0 Å². The molecule has 0 amide bonds. The van der Waals surface area contributed by atoms with Gasteiger partial charge in [-0.15, -0.1) is 0 Å². The Bertz CT molecular complexity index is 627. The molecule has 24 heavy (non-hydrogen) atoms. The molecule has 4 heteroatoms. The molecular formula is C20H24N2O2. The Morgan fingerprint density at radius 1 is 0.958 bits per heavy atom. The van der Waals surface area contributed by atoms with Crippen molar-refractivity contribution < 1.29 is 10.2 Å². The molecular weight excluding hydrogens is 300 g/mol. The highest BCUT2D eigenvalue weighted by molar-refractivity contribution is 5.37. The number of hydrogen-bond donors (Lipinski definition) is 4. The minimum Gasteiger partial charge on any atom is -0.388 e. The number of benzene rings is 2. The zero-order chi connectivity index (χ0) is 16.6. The summed E-state index contributed by atoms with van der Waals surface area (Å²) in [5, 5.41) is 29.2. The first-order valence-corrected chi connectivity index (χ1v) is 8.67. The number of piperidine rings is 1. The van der Waals surface area contributed by atoms with Gasteiger partial charge in [-0.1, -0.05) is 60.7 Å². The molecule has 0 radical (unpaired) electrons. The van der Waals surface area contributed by atoms with Crippen LogP contribution in [0.25, 0.3) is 0 Å². The van der Waals surface area contributed by atoms with Crippen LogP contribution in [0.1, 0.15) is 11.1 Å². The van der Waals surface area contributed by atoms with Crippen molar-refractivity contribution in [3.8, 4) is 0 Å². The molecule has 4 nitrogen and oxygen atoms in total. The topological polar surface area (TPSA) is 64.5 Å². The van der Waals surface area contributed by atoms with E-state index in [1.54, 1.807) is 0 Å². The molecule has 2 aromatic carbocycles. The van der Waals surface area contributed by atoms with Crippen LogP contribution in [0, 0.1) is 11.8 Å². The Kier molecular flexibility index (Phi) is 4.14. The number of fused-ring (bicyclic) bond motifs is 1. The summed E-state index contributed by atoms with van der Waals surface area (Å²) < 4.78 is 0. The Morgan fingerprint density at radius 3 is 1.96 bits per heavy atom. The fourth-order valence-corrected chi connectivity index (χ4v) is 4.05. The third-order valence-corrected chi connectivity index (χ3v) is 5.55. The van der Waals surface area contributed by atoms with Crippen LogP contribution < -0.4 is 10.6 Å². The van der Waals surface area contributed by atoms with Crippen LogP contribution in [0.2, 0.25) is 0 Å². The molecule has 0 spiro atoms. The third kappa shape index (κ3) is 2.66. The van der Waals surface area contributed by atoms with Crippen LogP contribution in [0.5, 0.6) is 0 Å². The molecule has 2 fully saturated rings. The molecule has 1 saturated carbocycles. The van der Waals surface area contributed by atoms with Crippen molar-refractivity contribution in [3.05, 3.63) is 71.8 Å². The van der Waals surface area contributed by atoms with Crippen molar-refractivity contribution in [1.29, 1.82) is 0 Å². The molecule has 1 saturated heterocycles. The van der Waals surface area contributed by atoms with Gasteiger partial charge in [0.15, 0.2) is 0 Å². The summed E-state index contributed by atoms with van der Waals surface area (Å²) in [7, 11) is 0. The van der Waals surface area contributed by atoms with Crippen molar-refractivity contribution in [3.63, 3.8) is 0 Å². The lowest BCUT2D eigenvalue weighted by Gasteiger charge is -2.34. The van der Waals surface area contributed by atoms with Crippen molar-refractivity contribution in [2.45, 2.75) is 17.7 Å². The second-order valence-corrected chi connectivity index (χ2v) is 6.93. The lowest BCUT2D eigenvalue weighted by Crippen LogP contribution is -2.47. The molecule has 1 aliphatic heterocycles. The minimum atomic E-state index is -1.42. The van der Waals surface area contributed by atoms with Crippen LogP contribution in [0.15, 0.2) is 60.7 Å². The zero-order valence-electron chi connectivity index (χ0n) is 13.6. The van der Waals surface area contributed by atoms with Crippen LogP contribution in [0.3, 0.4) is 0 Å². The van der Waals surface area contributed by atoms with Gasteiger partial charge in [0.05, 0.1) is 0 Å². The average molecular weight is 324 g/mol. The summed E-state index contributed by atoms with van der Waals surface area (Å²) in [6.45, 7) is 2.48. The average Bonchev–Trinajstić information content (AvgIpc) is 3.07. The SMILES string of the molecule is OC(CNC1C2CNCC21)C(O)(c1ccccc1)c1ccccc1. The van der Waals surface area contributed by atoms with Crippen LogP contribution in [-0.2, 0) is 5.60 Å². The highest BCUT2D eigenvalue weighted by Crippen LogP contribution is 2.42. The van der Waals surface area contributed by atoms with Crippen molar-refractivity contribution in [2.75, 3.05) is 19.6 Å². The van der Waals surface area contributed by atoms with Gasteiger partial charge < -0.3 is 20.8 Å². The smallest absolute Gasteiger partial charge is 0.142 e. The van der Waals surface area contributed by atoms with E-state index in [0.717, 1.165) is 13.1 Å². The van der Waals surface area contributed by atoms with E-state index in [2.05, 4.69) is 10.6 Å². The number of nitrogens with one attached hydrogen (secondary N) is 2. The number of aliphatic hydroxyl groups is 2. The molecule has 2 aromatic rings. The summed E-state index contributed by atoms with van der Waals surface area (Å²) in [4.78, 5) is 0. The molecule has 3 unspecified atom stereocenters. The van der Waals surface area contributed by atoms with Crippen LogP contribution in [0.4, 0.5) is 0 Å². The van der Waals surface area contributed by atoms with E-state index in [0.29, 0.717) is 35.5 Å². The second kappa shape index (κ2) is 6.30. The molecule has 0 aromatic heterocycles. The maximum absolute atomic E-state index is 11.5. The summed E-state index contributed by atoms with van der Waals surface area (Å²) in [5.41, 5.74) is 0.00364. The van der Waals surface area contributed by atoms with Gasteiger partial charge in [-0.3, -0.25) is 0 Å². The van der Waals surface area contributed by atoms with Gasteiger partial charge in [0.25, 0.3) is 0 Å².